The van der Waals surface area contributed by atoms with Crippen molar-refractivity contribution in [2.24, 2.45) is 0 Å². The van der Waals surface area contributed by atoms with Gasteiger partial charge in [0.25, 0.3) is 0 Å². The summed E-state index contributed by atoms with van der Waals surface area (Å²) in [6.45, 7) is 6.00. The van der Waals surface area contributed by atoms with Crippen molar-refractivity contribution < 1.29 is 14.7 Å². The largest absolute Gasteiger partial charge is 0.481 e. The Hall–Kier alpha value is -1.49. The first kappa shape index (κ1) is 16.6. The van der Waals surface area contributed by atoms with Gasteiger partial charge in [-0.3, -0.25) is 9.59 Å². The molecule has 1 rings (SSSR count). The molecule has 0 aliphatic heterocycles. The second-order valence-corrected chi connectivity index (χ2v) is 5.98. The molecule has 20 heavy (non-hydrogen) atoms. The molecular formula is C15H21NO3S. The number of carbonyl (C=O) groups is 2. The van der Waals surface area contributed by atoms with Crippen molar-refractivity contribution in [3.8, 4) is 0 Å². The quantitative estimate of drug-likeness (QED) is 0.758. The van der Waals surface area contributed by atoms with Gasteiger partial charge in [0.15, 0.2) is 0 Å². The number of hydrogen-bond donors (Lipinski definition) is 2. The average Bonchev–Trinajstić information content (AvgIpc) is 2.33. The van der Waals surface area contributed by atoms with Gasteiger partial charge >= 0.3 is 5.97 Å². The minimum atomic E-state index is -0.791. The molecule has 0 aliphatic carbocycles. The van der Waals surface area contributed by atoms with E-state index in [1.165, 1.54) is 17.3 Å². The minimum absolute atomic E-state index is 0.0413. The SMILES string of the molecule is Cc1cc(C)c(NC(=O)CSCCCC(=O)O)c(C)c1. The number of aliphatic carboxylic acids is 1. The van der Waals surface area contributed by atoms with Gasteiger partial charge in [0.2, 0.25) is 5.91 Å². The first-order valence-corrected chi connectivity index (χ1v) is 7.73. The second-order valence-electron chi connectivity index (χ2n) is 4.87. The van der Waals surface area contributed by atoms with Crippen LogP contribution in [0.4, 0.5) is 5.69 Å². The van der Waals surface area contributed by atoms with Crippen LogP contribution < -0.4 is 5.32 Å². The summed E-state index contributed by atoms with van der Waals surface area (Å²) in [4.78, 5) is 22.2. The molecule has 4 nitrogen and oxygen atoms in total. The van der Waals surface area contributed by atoms with Gasteiger partial charge in [-0.05, 0) is 44.1 Å². The lowest BCUT2D eigenvalue weighted by Gasteiger charge is -2.12. The lowest BCUT2D eigenvalue weighted by molar-refractivity contribution is -0.137. The standard InChI is InChI=1S/C15H21NO3S/c1-10-7-11(2)15(12(3)8-10)16-13(17)9-20-6-4-5-14(18)19/h7-8H,4-6,9H2,1-3H3,(H,16,17)(H,18,19). The van der Waals surface area contributed by atoms with Crippen LogP contribution >= 0.6 is 11.8 Å². The highest BCUT2D eigenvalue weighted by atomic mass is 32.2. The van der Waals surface area contributed by atoms with E-state index in [0.29, 0.717) is 17.9 Å². The molecule has 0 radical (unpaired) electrons. The monoisotopic (exact) mass is 295 g/mol. The number of carbonyl (C=O) groups excluding carboxylic acids is 1. The zero-order chi connectivity index (χ0) is 15.1. The Morgan fingerprint density at radius 2 is 1.80 bits per heavy atom. The van der Waals surface area contributed by atoms with Crippen molar-refractivity contribution >= 4 is 29.3 Å². The fraction of sp³-hybridized carbons (Fsp3) is 0.467. The Kier molecular flexibility index (Phi) is 6.58. The smallest absolute Gasteiger partial charge is 0.303 e. The number of hydrogen-bond acceptors (Lipinski definition) is 3. The number of nitrogens with one attached hydrogen (secondary N) is 1. The number of benzene rings is 1. The van der Waals surface area contributed by atoms with E-state index in [4.69, 9.17) is 5.11 Å². The number of thioether (sulfide) groups is 1. The summed E-state index contributed by atoms with van der Waals surface area (Å²) in [7, 11) is 0. The fourth-order valence-corrected chi connectivity index (χ4v) is 2.79. The summed E-state index contributed by atoms with van der Waals surface area (Å²) in [5.41, 5.74) is 4.19. The molecule has 2 N–H and O–H groups in total. The molecule has 5 heteroatoms. The molecular weight excluding hydrogens is 274 g/mol. The van der Waals surface area contributed by atoms with Crippen LogP contribution in [-0.2, 0) is 9.59 Å². The zero-order valence-corrected chi connectivity index (χ0v) is 13.0. The van der Waals surface area contributed by atoms with E-state index in [9.17, 15) is 9.59 Å². The van der Waals surface area contributed by atoms with Crippen molar-refractivity contribution in [1.29, 1.82) is 0 Å². The highest BCUT2D eigenvalue weighted by Crippen LogP contribution is 2.22. The van der Waals surface area contributed by atoms with E-state index in [1.54, 1.807) is 0 Å². The normalized spacial score (nSPS) is 10.3. The molecule has 1 aromatic carbocycles. The molecule has 0 aromatic heterocycles. The van der Waals surface area contributed by atoms with Crippen LogP contribution in [0.2, 0.25) is 0 Å². The van der Waals surface area contributed by atoms with E-state index in [0.717, 1.165) is 16.8 Å². The highest BCUT2D eigenvalue weighted by molar-refractivity contribution is 7.99. The average molecular weight is 295 g/mol. The summed E-state index contributed by atoms with van der Waals surface area (Å²) in [6.07, 6.45) is 0.751. The molecule has 0 saturated carbocycles. The lowest BCUT2D eigenvalue weighted by Crippen LogP contribution is -2.16. The Balaban J connectivity index is 2.41. The predicted molar refractivity (Wildman–Crippen MR) is 83.5 cm³/mol. The first-order chi connectivity index (χ1) is 9.40. The van der Waals surface area contributed by atoms with Gasteiger partial charge in [-0.15, -0.1) is 0 Å². The lowest BCUT2D eigenvalue weighted by atomic mass is 10.1. The zero-order valence-electron chi connectivity index (χ0n) is 12.2. The third-order valence-corrected chi connectivity index (χ3v) is 3.90. The van der Waals surface area contributed by atoms with E-state index < -0.39 is 5.97 Å². The third-order valence-electron chi connectivity index (χ3n) is 2.85. The van der Waals surface area contributed by atoms with Crippen LogP contribution in [0.5, 0.6) is 0 Å². The molecule has 0 saturated heterocycles. The van der Waals surface area contributed by atoms with Crippen LogP contribution in [0.1, 0.15) is 29.5 Å². The molecule has 0 heterocycles. The van der Waals surface area contributed by atoms with E-state index in [1.807, 2.05) is 32.9 Å². The maximum atomic E-state index is 11.9. The Bertz CT molecular complexity index is 477. The van der Waals surface area contributed by atoms with Gasteiger partial charge in [0.1, 0.15) is 0 Å². The Morgan fingerprint density at radius 3 is 2.35 bits per heavy atom. The molecule has 0 bridgehead atoms. The summed E-state index contributed by atoms with van der Waals surface area (Å²) < 4.78 is 0. The fourth-order valence-electron chi connectivity index (χ4n) is 2.04. The second kappa shape index (κ2) is 7.94. The number of carboxylic acid groups (broad SMARTS) is 1. The summed E-state index contributed by atoms with van der Waals surface area (Å²) in [5, 5.41) is 11.4. The van der Waals surface area contributed by atoms with Gasteiger partial charge in [0.05, 0.1) is 5.75 Å². The number of carboxylic acids is 1. The van der Waals surface area contributed by atoms with Gasteiger partial charge in [-0.1, -0.05) is 17.7 Å². The molecule has 0 atom stereocenters. The van der Waals surface area contributed by atoms with Crippen molar-refractivity contribution in [3.63, 3.8) is 0 Å². The predicted octanol–water partition coefficient (Wildman–Crippen LogP) is 3.15. The van der Waals surface area contributed by atoms with Crippen LogP contribution in [0, 0.1) is 20.8 Å². The summed E-state index contributed by atoms with van der Waals surface area (Å²) in [6, 6.07) is 4.09. The minimum Gasteiger partial charge on any atom is -0.481 e. The van der Waals surface area contributed by atoms with Crippen LogP contribution in [-0.4, -0.2) is 28.5 Å². The molecule has 0 unspecified atom stereocenters. The van der Waals surface area contributed by atoms with Crippen LogP contribution in [0.15, 0.2) is 12.1 Å². The topological polar surface area (TPSA) is 66.4 Å². The summed E-state index contributed by atoms with van der Waals surface area (Å²) >= 11 is 1.46. The molecule has 110 valence electrons. The van der Waals surface area contributed by atoms with E-state index in [2.05, 4.69) is 5.32 Å². The molecule has 0 aliphatic rings. The van der Waals surface area contributed by atoms with Crippen molar-refractivity contribution in [2.75, 3.05) is 16.8 Å². The first-order valence-electron chi connectivity index (χ1n) is 6.57. The molecule has 1 aromatic rings. The van der Waals surface area contributed by atoms with Gasteiger partial charge < -0.3 is 10.4 Å². The van der Waals surface area contributed by atoms with Gasteiger partial charge in [0, 0.05) is 12.1 Å². The van der Waals surface area contributed by atoms with Crippen molar-refractivity contribution in [3.05, 3.63) is 28.8 Å². The molecule has 0 fully saturated rings. The maximum absolute atomic E-state index is 11.9. The van der Waals surface area contributed by atoms with Crippen molar-refractivity contribution in [1.82, 2.24) is 0 Å². The molecule has 0 spiro atoms. The third kappa shape index (κ3) is 5.65. The van der Waals surface area contributed by atoms with Gasteiger partial charge in [-0.2, -0.15) is 11.8 Å². The van der Waals surface area contributed by atoms with Crippen LogP contribution in [0.3, 0.4) is 0 Å². The summed E-state index contributed by atoms with van der Waals surface area (Å²) in [5.74, 6) is 0.208. The van der Waals surface area contributed by atoms with E-state index >= 15 is 0 Å². The highest BCUT2D eigenvalue weighted by Gasteiger charge is 2.08. The number of rotatable bonds is 7. The Labute approximate surface area is 124 Å². The maximum Gasteiger partial charge on any atom is 0.303 e. The molecule has 1 amide bonds. The van der Waals surface area contributed by atoms with Crippen LogP contribution in [0.25, 0.3) is 0 Å². The van der Waals surface area contributed by atoms with Crippen molar-refractivity contribution in [2.45, 2.75) is 33.6 Å². The number of anilines is 1. The Morgan fingerprint density at radius 1 is 1.20 bits per heavy atom. The number of amides is 1. The van der Waals surface area contributed by atoms with E-state index in [-0.39, 0.29) is 12.3 Å². The number of aryl methyl sites for hydroxylation is 3. The van der Waals surface area contributed by atoms with Gasteiger partial charge in [-0.25, -0.2) is 0 Å².